The van der Waals surface area contributed by atoms with E-state index in [1.807, 2.05) is 48.9 Å². The Morgan fingerprint density at radius 2 is 2.09 bits per heavy atom. The number of rotatable bonds is 3. The van der Waals surface area contributed by atoms with E-state index in [4.69, 9.17) is 0 Å². The van der Waals surface area contributed by atoms with Gasteiger partial charge in [-0.3, -0.25) is 4.98 Å². The first-order chi connectivity index (χ1) is 10.6. The van der Waals surface area contributed by atoms with E-state index >= 15 is 0 Å². The summed E-state index contributed by atoms with van der Waals surface area (Å²) in [6.45, 7) is 3.77. The molecule has 2 N–H and O–H groups in total. The van der Waals surface area contributed by atoms with E-state index in [-0.39, 0.29) is 5.92 Å². The lowest BCUT2D eigenvalue weighted by atomic mass is 9.80. The smallest absolute Gasteiger partial charge is 0.334 e. The molecule has 4 nitrogen and oxygen atoms in total. The Morgan fingerprint density at radius 1 is 1.27 bits per heavy atom. The predicted octanol–water partition coefficient (Wildman–Crippen LogP) is 3.62. The lowest BCUT2D eigenvalue weighted by Gasteiger charge is -2.30. The number of nitrogens with one attached hydrogen (secondary N) is 1. The predicted molar refractivity (Wildman–Crippen MR) is 87.4 cm³/mol. The van der Waals surface area contributed by atoms with Crippen LogP contribution in [0.5, 0.6) is 0 Å². The first-order valence-electron chi connectivity index (χ1n) is 6.95. The number of aromatic nitrogens is 1. The third kappa shape index (κ3) is 2.44. The highest BCUT2D eigenvalue weighted by Gasteiger charge is 2.34. The van der Waals surface area contributed by atoms with Gasteiger partial charge in [0.2, 0.25) is 0 Å². The molecule has 0 spiro atoms. The summed E-state index contributed by atoms with van der Waals surface area (Å²) in [6, 6.07) is 7.67. The van der Waals surface area contributed by atoms with Gasteiger partial charge in [0.05, 0.1) is 11.3 Å². The zero-order chi connectivity index (χ0) is 15.7. The molecular formula is C17H16N2O2S. The van der Waals surface area contributed by atoms with Gasteiger partial charge in [-0.15, -0.1) is 0 Å². The quantitative estimate of drug-likeness (QED) is 0.908. The van der Waals surface area contributed by atoms with E-state index in [0.717, 1.165) is 22.5 Å². The number of carboxylic acid groups (broad SMARTS) is 1. The molecule has 1 aliphatic heterocycles. The van der Waals surface area contributed by atoms with Gasteiger partial charge in [-0.05, 0) is 48.4 Å². The van der Waals surface area contributed by atoms with Crippen molar-refractivity contribution < 1.29 is 9.90 Å². The van der Waals surface area contributed by atoms with E-state index in [1.165, 1.54) is 0 Å². The molecule has 5 heteroatoms. The maximum absolute atomic E-state index is 11.8. The van der Waals surface area contributed by atoms with Gasteiger partial charge in [0.1, 0.15) is 0 Å². The van der Waals surface area contributed by atoms with E-state index in [2.05, 4.69) is 10.3 Å². The number of thiophene rings is 1. The Balaban J connectivity index is 2.22. The minimum Gasteiger partial charge on any atom is -0.478 e. The van der Waals surface area contributed by atoms with Crippen LogP contribution in [0.1, 0.15) is 31.0 Å². The molecule has 22 heavy (non-hydrogen) atoms. The van der Waals surface area contributed by atoms with Crippen LogP contribution in [-0.4, -0.2) is 16.1 Å². The largest absolute Gasteiger partial charge is 0.478 e. The van der Waals surface area contributed by atoms with Crippen molar-refractivity contribution >= 4 is 22.9 Å². The summed E-state index contributed by atoms with van der Waals surface area (Å²) in [7, 11) is 0. The second-order valence-corrected chi connectivity index (χ2v) is 5.99. The van der Waals surface area contributed by atoms with Crippen LogP contribution < -0.4 is 5.32 Å². The van der Waals surface area contributed by atoms with Crippen molar-refractivity contribution in [2.75, 3.05) is 0 Å². The molecule has 3 heterocycles. The van der Waals surface area contributed by atoms with E-state index in [1.54, 1.807) is 17.5 Å². The molecule has 1 unspecified atom stereocenters. The van der Waals surface area contributed by atoms with Crippen molar-refractivity contribution in [1.29, 1.82) is 0 Å². The zero-order valence-corrected chi connectivity index (χ0v) is 13.1. The Morgan fingerprint density at radius 3 is 2.68 bits per heavy atom. The van der Waals surface area contributed by atoms with Crippen molar-refractivity contribution in [3.8, 4) is 0 Å². The summed E-state index contributed by atoms with van der Waals surface area (Å²) in [6.07, 6.45) is 1.73. The lowest BCUT2D eigenvalue weighted by molar-refractivity contribution is -0.132. The lowest BCUT2D eigenvalue weighted by Crippen LogP contribution is -2.27. The fraction of sp³-hybridized carbons (Fsp3) is 0.176. The minimum atomic E-state index is -0.901. The SMILES string of the molecule is CC1=C(C(=O)O)C(c2ccsc2)C(c2ccccn2)=C(C)N1. The minimum absolute atomic E-state index is 0.306. The molecule has 3 rings (SSSR count). The van der Waals surface area contributed by atoms with E-state index in [0.29, 0.717) is 11.3 Å². The molecule has 2 aromatic rings. The van der Waals surface area contributed by atoms with Crippen LogP contribution in [-0.2, 0) is 4.79 Å². The number of hydrogen-bond donors (Lipinski definition) is 2. The normalized spacial score (nSPS) is 18.4. The molecule has 1 aliphatic rings. The summed E-state index contributed by atoms with van der Waals surface area (Å²) >= 11 is 1.57. The van der Waals surface area contributed by atoms with E-state index < -0.39 is 5.97 Å². The number of carbonyl (C=O) groups is 1. The maximum atomic E-state index is 11.8. The molecule has 0 saturated carbocycles. The molecule has 0 aliphatic carbocycles. The number of dihydropyridines is 1. The molecule has 0 radical (unpaired) electrons. The third-order valence-electron chi connectivity index (χ3n) is 3.81. The average molecular weight is 312 g/mol. The van der Waals surface area contributed by atoms with Crippen LogP contribution >= 0.6 is 11.3 Å². The highest BCUT2D eigenvalue weighted by Crippen LogP contribution is 2.43. The molecule has 112 valence electrons. The third-order valence-corrected chi connectivity index (χ3v) is 4.51. The van der Waals surface area contributed by atoms with Gasteiger partial charge in [0, 0.05) is 29.1 Å². The standard InChI is InChI=1S/C17H16N2O2S/c1-10-14(13-5-3-4-7-18-13)16(12-6-8-22-9-12)15(17(20)21)11(2)19-10/h3-9,16,19H,1-2H3,(H,20,21). The van der Waals surface area contributed by atoms with Crippen LogP contribution in [0.4, 0.5) is 0 Å². The summed E-state index contributed by atoms with van der Waals surface area (Å²) in [5.41, 5.74) is 4.71. The topological polar surface area (TPSA) is 62.2 Å². The highest BCUT2D eigenvalue weighted by atomic mass is 32.1. The zero-order valence-electron chi connectivity index (χ0n) is 12.3. The summed E-state index contributed by atoms with van der Waals surface area (Å²) in [5, 5.41) is 16.9. The van der Waals surface area contributed by atoms with Gasteiger partial charge in [-0.1, -0.05) is 6.07 Å². The number of pyridine rings is 1. The Bertz CT molecular complexity index is 761. The molecule has 0 fully saturated rings. The van der Waals surface area contributed by atoms with Crippen LogP contribution in [0.3, 0.4) is 0 Å². The summed E-state index contributed by atoms with van der Waals surface area (Å²) in [4.78, 5) is 16.2. The van der Waals surface area contributed by atoms with Crippen molar-refractivity contribution in [3.05, 3.63) is 69.4 Å². The number of carboxylic acids is 1. The maximum Gasteiger partial charge on any atom is 0.334 e. The van der Waals surface area contributed by atoms with Crippen molar-refractivity contribution in [1.82, 2.24) is 10.3 Å². The molecular weight excluding hydrogens is 296 g/mol. The van der Waals surface area contributed by atoms with Gasteiger partial charge >= 0.3 is 5.97 Å². The van der Waals surface area contributed by atoms with Crippen molar-refractivity contribution in [2.45, 2.75) is 19.8 Å². The molecule has 0 saturated heterocycles. The number of nitrogens with zero attached hydrogens (tertiary/aromatic N) is 1. The number of aliphatic carboxylic acids is 1. The van der Waals surface area contributed by atoms with Gasteiger partial charge in [-0.25, -0.2) is 4.79 Å². The summed E-state index contributed by atoms with van der Waals surface area (Å²) < 4.78 is 0. The molecule has 0 aromatic carbocycles. The number of hydrogen-bond acceptors (Lipinski definition) is 4. The van der Waals surface area contributed by atoms with Crippen LogP contribution in [0.15, 0.2) is 58.2 Å². The monoisotopic (exact) mass is 312 g/mol. The molecule has 0 amide bonds. The number of allylic oxidation sites excluding steroid dienone is 3. The van der Waals surface area contributed by atoms with Crippen molar-refractivity contribution in [2.24, 2.45) is 0 Å². The fourth-order valence-corrected chi connectivity index (χ4v) is 3.60. The molecule has 2 aromatic heterocycles. The highest BCUT2D eigenvalue weighted by molar-refractivity contribution is 7.08. The van der Waals surface area contributed by atoms with Crippen LogP contribution in [0, 0.1) is 0 Å². The summed E-state index contributed by atoms with van der Waals surface area (Å²) in [5.74, 6) is -1.21. The van der Waals surface area contributed by atoms with Crippen molar-refractivity contribution in [3.63, 3.8) is 0 Å². The van der Waals surface area contributed by atoms with Gasteiger partial charge in [-0.2, -0.15) is 11.3 Å². The van der Waals surface area contributed by atoms with Gasteiger partial charge in [0.25, 0.3) is 0 Å². The average Bonchev–Trinajstić information content (AvgIpc) is 3.00. The Labute approximate surface area is 132 Å². The first kappa shape index (κ1) is 14.5. The van der Waals surface area contributed by atoms with Gasteiger partial charge < -0.3 is 10.4 Å². The second-order valence-electron chi connectivity index (χ2n) is 5.21. The van der Waals surface area contributed by atoms with Crippen LogP contribution in [0.2, 0.25) is 0 Å². The second kappa shape index (κ2) is 5.77. The van der Waals surface area contributed by atoms with E-state index in [9.17, 15) is 9.90 Å². The Hall–Kier alpha value is -2.40. The first-order valence-corrected chi connectivity index (χ1v) is 7.89. The molecule has 0 bridgehead atoms. The van der Waals surface area contributed by atoms with Gasteiger partial charge in [0.15, 0.2) is 0 Å². The Kier molecular flexibility index (Phi) is 3.81. The molecule has 1 atom stereocenters. The fourth-order valence-electron chi connectivity index (χ4n) is 2.91. The van der Waals surface area contributed by atoms with Crippen LogP contribution in [0.25, 0.3) is 5.57 Å².